The summed E-state index contributed by atoms with van der Waals surface area (Å²) in [5.41, 5.74) is 11.9. The number of ether oxygens (including phenoxy) is 1. The van der Waals surface area contributed by atoms with Crippen molar-refractivity contribution in [3.63, 3.8) is 0 Å². The maximum absolute atomic E-state index is 13.5. The largest absolute Gasteiger partial charge is 0.480 e. The third-order valence-corrected chi connectivity index (χ3v) is 3.79. The molecule has 1 atom stereocenters. The second kappa shape index (κ2) is 5.11. The lowest BCUT2D eigenvalue weighted by Gasteiger charge is -2.33. The first-order chi connectivity index (χ1) is 10.8. The van der Waals surface area contributed by atoms with Gasteiger partial charge in [0.1, 0.15) is 22.8 Å². The molecular formula is C14H15F2N5O2. The lowest BCUT2D eigenvalue weighted by molar-refractivity contribution is 0.0995. The van der Waals surface area contributed by atoms with Crippen molar-refractivity contribution in [3.05, 3.63) is 35.0 Å². The zero-order valence-electron chi connectivity index (χ0n) is 12.5. The average molecular weight is 323 g/mol. The van der Waals surface area contributed by atoms with Crippen LogP contribution in [0.25, 0.3) is 0 Å². The number of aromatic nitrogens is 2. The Kier molecular flexibility index (Phi) is 3.35. The van der Waals surface area contributed by atoms with E-state index in [1.165, 1.54) is 4.68 Å². The highest BCUT2D eigenvalue weighted by atomic mass is 19.2. The molecule has 4 N–H and O–H groups in total. The normalized spacial score (nSPS) is 16.9. The fraction of sp³-hybridized carbons (Fsp3) is 0.286. The number of rotatable bonds is 2. The lowest BCUT2D eigenvalue weighted by atomic mass is 10.1. The van der Waals surface area contributed by atoms with Crippen molar-refractivity contribution in [3.8, 4) is 5.75 Å². The number of nitrogen functional groups attached to an aromatic ring is 1. The van der Waals surface area contributed by atoms with Gasteiger partial charge in [-0.3, -0.25) is 9.48 Å². The quantitative estimate of drug-likeness (QED) is 0.857. The van der Waals surface area contributed by atoms with Crippen LogP contribution in [0.1, 0.15) is 22.2 Å². The zero-order chi connectivity index (χ0) is 16.9. The van der Waals surface area contributed by atoms with Gasteiger partial charge in [-0.15, -0.1) is 0 Å². The predicted octanol–water partition coefficient (Wildman–Crippen LogP) is 0.949. The summed E-state index contributed by atoms with van der Waals surface area (Å²) in [7, 11) is 3.27. The summed E-state index contributed by atoms with van der Waals surface area (Å²) < 4.78 is 33.8. The van der Waals surface area contributed by atoms with Crippen LogP contribution < -0.4 is 21.1 Å². The molecule has 1 aliphatic rings. The molecule has 2 aromatic rings. The van der Waals surface area contributed by atoms with Crippen LogP contribution in [0.2, 0.25) is 0 Å². The van der Waals surface area contributed by atoms with Crippen LogP contribution in [-0.2, 0) is 7.05 Å². The molecular weight excluding hydrogens is 308 g/mol. The monoisotopic (exact) mass is 323 g/mol. The molecule has 122 valence electrons. The second-order valence-corrected chi connectivity index (χ2v) is 5.35. The molecule has 0 aliphatic carbocycles. The molecule has 23 heavy (non-hydrogen) atoms. The number of carbonyl (C=O) groups excluding carboxylic acids is 1. The molecule has 0 saturated carbocycles. The van der Waals surface area contributed by atoms with Crippen LogP contribution >= 0.6 is 0 Å². The first kappa shape index (κ1) is 15.1. The van der Waals surface area contributed by atoms with E-state index in [1.807, 2.05) is 0 Å². The zero-order valence-corrected chi connectivity index (χ0v) is 12.5. The van der Waals surface area contributed by atoms with E-state index in [0.717, 1.165) is 12.1 Å². The summed E-state index contributed by atoms with van der Waals surface area (Å²) in [6.45, 7) is 0.273. The fourth-order valence-electron chi connectivity index (χ4n) is 2.63. The highest BCUT2D eigenvalue weighted by Gasteiger charge is 2.32. The van der Waals surface area contributed by atoms with Crippen LogP contribution in [0, 0.1) is 11.6 Å². The van der Waals surface area contributed by atoms with E-state index in [2.05, 4.69) is 5.10 Å². The van der Waals surface area contributed by atoms with Crippen molar-refractivity contribution in [1.82, 2.24) is 9.78 Å². The number of halogens is 2. The number of carbonyl (C=O) groups is 1. The summed E-state index contributed by atoms with van der Waals surface area (Å²) in [6.07, 6.45) is -0.691. The standard InChI is InChI=1S/C14H15F2N5O2/c1-20-5-10(12-11(14(18)22)13(17)21(2)19-12)23-9-4-7(16)6(15)3-8(9)20/h3-4,10H,5,17H2,1-2H3,(H2,18,22). The topological polar surface area (TPSA) is 99.4 Å². The van der Waals surface area contributed by atoms with E-state index >= 15 is 0 Å². The van der Waals surface area contributed by atoms with E-state index < -0.39 is 23.6 Å². The Morgan fingerprint density at radius 2 is 2.00 bits per heavy atom. The molecule has 0 fully saturated rings. The number of nitrogens with two attached hydrogens (primary N) is 2. The molecule has 3 rings (SSSR count). The number of fused-ring (bicyclic) bond motifs is 1. The maximum Gasteiger partial charge on any atom is 0.254 e. The Morgan fingerprint density at radius 1 is 1.35 bits per heavy atom. The van der Waals surface area contributed by atoms with Crippen LogP contribution in [0.5, 0.6) is 5.75 Å². The first-order valence-electron chi connectivity index (χ1n) is 6.78. The van der Waals surface area contributed by atoms with Gasteiger partial charge < -0.3 is 21.1 Å². The van der Waals surface area contributed by atoms with Gasteiger partial charge in [-0.2, -0.15) is 5.10 Å². The van der Waals surface area contributed by atoms with Gasteiger partial charge in [0.25, 0.3) is 5.91 Å². The molecule has 7 nitrogen and oxygen atoms in total. The number of primary amides is 1. The van der Waals surface area contributed by atoms with E-state index in [1.54, 1.807) is 19.0 Å². The van der Waals surface area contributed by atoms with E-state index in [9.17, 15) is 13.6 Å². The Balaban J connectivity index is 2.06. The van der Waals surface area contributed by atoms with Gasteiger partial charge >= 0.3 is 0 Å². The number of aryl methyl sites for hydroxylation is 1. The van der Waals surface area contributed by atoms with Gasteiger partial charge in [-0.1, -0.05) is 0 Å². The lowest BCUT2D eigenvalue weighted by Crippen LogP contribution is -2.33. The van der Waals surface area contributed by atoms with Crippen LogP contribution in [0.4, 0.5) is 20.3 Å². The Labute approximate surface area is 130 Å². The summed E-state index contributed by atoms with van der Waals surface area (Å²) in [6, 6.07) is 2.02. The molecule has 1 amide bonds. The van der Waals surface area contributed by atoms with Crippen LogP contribution in [0.3, 0.4) is 0 Å². The van der Waals surface area contributed by atoms with E-state index in [0.29, 0.717) is 5.69 Å². The minimum atomic E-state index is -1.02. The molecule has 0 radical (unpaired) electrons. The molecule has 1 unspecified atom stereocenters. The summed E-state index contributed by atoms with van der Waals surface area (Å²) >= 11 is 0. The van der Waals surface area contributed by atoms with Crippen LogP contribution in [0.15, 0.2) is 12.1 Å². The number of amides is 1. The molecule has 1 aromatic heterocycles. The maximum atomic E-state index is 13.5. The van der Waals surface area contributed by atoms with Gasteiger partial charge in [-0.25, -0.2) is 8.78 Å². The number of likely N-dealkylation sites (N-methyl/N-ethyl adjacent to an activating group) is 1. The fourth-order valence-corrected chi connectivity index (χ4v) is 2.63. The third kappa shape index (κ3) is 2.33. The van der Waals surface area contributed by atoms with Gasteiger partial charge in [0.2, 0.25) is 0 Å². The van der Waals surface area contributed by atoms with E-state index in [-0.39, 0.29) is 29.4 Å². The molecule has 2 heterocycles. The number of nitrogens with zero attached hydrogens (tertiary/aromatic N) is 3. The van der Waals surface area contributed by atoms with Crippen molar-refractivity contribution in [2.75, 3.05) is 24.2 Å². The Bertz CT molecular complexity index is 805. The van der Waals surface area contributed by atoms with Crippen LogP contribution in [-0.4, -0.2) is 29.3 Å². The molecule has 9 heteroatoms. The van der Waals surface area contributed by atoms with Crippen molar-refractivity contribution < 1.29 is 18.3 Å². The second-order valence-electron chi connectivity index (χ2n) is 5.35. The minimum absolute atomic E-state index is 0.0666. The molecule has 0 saturated heterocycles. The van der Waals surface area contributed by atoms with Gasteiger partial charge in [0.05, 0.1) is 12.2 Å². The van der Waals surface area contributed by atoms with Crippen molar-refractivity contribution in [2.45, 2.75) is 6.10 Å². The van der Waals surface area contributed by atoms with Gasteiger partial charge in [0, 0.05) is 26.2 Å². The number of anilines is 2. The predicted molar refractivity (Wildman–Crippen MR) is 79.1 cm³/mol. The van der Waals surface area contributed by atoms with Crippen molar-refractivity contribution in [2.24, 2.45) is 12.8 Å². The molecule has 1 aromatic carbocycles. The van der Waals surface area contributed by atoms with Gasteiger partial charge in [-0.05, 0) is 0 Å². The number of hydrogen-bond donors (Lipinski definition) is 2. The minimum Gasteiger partial charge on any atom is -0.480 e. The molecule has 1 aliphatic heterocycles. The smallest absolute Gasteiger partial charge is 0.254 e. The molecule has 0 spiro atoms. The SMILES string of the molecule is CN1CC(c2nn(C)c(N)c2C(N)=O)Oc2cc(F)c(F)cc21. The highest BCUT2D eigenvalue weighted by molar-refractivity contribution is 5.98. The van der Waals surface area contributed by atoms with Gasteiger partial charge in [0.15, 0.2) is 17.7 Å². The Hall–Kier alpha value is -2.84. The summed E-state index contributed by atoms with van der Waals surface area (Å²) in [5.74, 6) is -2.43. The highest BCUT2D eigenvalue weighted by Crippen LogP contribution is 2.39. The number of benzene rings is 1. The van der Waals surface area contributed by atoms with Crippen molar-refractivity contribution >= 4 is 17.4 Å². The average Bonchev–Trinajstić information content (AvgIpc) is 2.77. The molecule has 0 bridgehead atoms. The van der Waals surface area contributed by atoms with Crippen molar-refractivity contribution in [1.29, 1.82) is 0 Å². The number of hydrogen-bond acceptors (Lipinski definition) is 5. The third-order valence-electron chi connectivity index (χ3n) is 3.79. The first-order valence-corrected chi connectivity index (χ1v) is 6.78. The Morgan fingerprint density at radius 3 is 2.65 bits per heavy atom. The summed E-state index contributed by atoms with van der Waals surface area (Å²) in [4.78, 5) is 13.3. The summed E-state index contributed by atoms with van der Waals surface area (Å²) in [5, 5.41) is 4.17. The van der Waals surface area contributed by atoms with E-state index in [4.69, 9.17) is 16.2 Å².